The second-order valence-corrected chi connectivity index (χ2v) is 3.99. The van der Waals surface area contributed by atoms with Gasteiger partial charge in [-0.2, -0.15) is 5.26 Å². The first-order valence-corrected chi connectivity index (χ1v) is 5.71. The van der Waals surface area contributed by atoms with Gasteiger partial charge in [0.15, 0.2) is 11.5 Å². The number of piperidine rings is 1. The Kier molecular flexibility index (Phi) is 3.84. The molecular formula is C13H15N2O2. The van der Waals surface area contributed by atoms with Crippen molar-refractivity contribution in [1.82, 2.24) is 5.32 Å². The Bertz CT molecular complexity index is 420. The van der Waals surface area contributed by atoms with Crippen molar-refractivity contribution in [2.24, 2.45) is 0 Å². The molecule has 2 rings (SSSR count). The van der Waals surface area contributed by atoms with E-state index in [9.17, 15) is 0 Å². The summed E-state index contributed by atoms with van der Waals surface area (Å²) < 4.78 is 11.1. The maximum Gasteiger partial charge on any atom is 0.162 e. The van der Waals surface area contributed by atoms with E-state index in [2.05, 4.69) is 11.4 Å². The summed E-state index contributed by atoms with van der Waals surface area (Å²) in [4.78, 5) is 0. The van der Waals surface area contributed by atoms with E-state index in [1.54, 1.807) is 25.3 Å². The lowest BCUT2D eigenvalue weighted by Gasteiger charge is -2.23. The SMILES string of the molecule is COc1cc(C#N)ccc1O[C@H]1CCC[N]C1. The fraction of sp³-hybridized carbons (Fsp3) is 0.462. The molecule has 1 aromatic carbocycles. The molecule has 1 saturated heterocycles. The van der Waals surface area contributed by atoms with Gasteiger partial charge in [-0.25, -0.2) is 5.32 Å². The maximum absolute atomic E-state index is 8.81. The van der Waals surface area contributed by atoms with E-state index < -0.39 is 0 Å². The van der Waals surface area contributed by atoms with Gasteiger partial charge in [-0.05, 0) is 25.0 Å². The van der Waals surface area contributed by atoms with Crippen molar-refractivity contribution < 1.29 is 9.47 Å². The number of benzene rings is 1. The van der Waals surface area contributed by atoms with Crippen LogP contribution in [0, 0.1) is 11.3 Å². The molecular weight excluding hydrogens is 216 g/mol. The topological polar surface area (TPSA) is 56.4 Å². The molecule has 0 unspecified atom stereocenters. The molecule has 1 heterocycles. The van der Waals surface area contributed by atoms with Gasteiger partial charge in [-0.1, -0.05) is 0 Å². The molecule has 1 fully saturated rings. The molecule has 0 amide bonds. The lowest BCUT2D eigenvalue weighted by molar-refractivity contribution is 0.159. The summed E-state index contributed by atoms with van der Waals surface area (Å²) in [5.41, 5.74) is 0.572. The molecule has 1 aliphatic heterocycles. The normalized spacial score (nSPS) is 19.4. The van der Waals surface area contributed by atoms with Gasteiger partial charge in [0, 0.05) is 12.6 Å². The van der Waals surface area contributed by atoms with Crippen LogP contribution in [0.4, 0.5) is 0 Å². The Morgan fingerprint density at radius 2 is 2.29 bits per heavy atom. The molecule has 1 aromatic rings. The Morgan fingerprint density at radius 3 is 2.94 bits per heavy atom. The second-order valence-electron chi connectivity index (χ2n) is 3.99. The number of ether oxygens (including phenoxy) is 2. The molecule has 1 aliphatic rings. The first-order valence-electron chi connectivity index (χ1n) is 5.71. The standard InChI is InChI=1S/C13H15N2O2/c1-16-13-7-10(8-14)4-5-12(13)17-11-3-2-6-15-9-11/h4-5,7,11H,2-3,6,9H2,1H3/t11-/m0/s1. The summed E-state index contributed by atoms with van der Waals surface area (Å²) in [6.07, 6.45) is 2.22. The Labute approximate surface area is 101 Å². The first-order chi connectivity index (χ1) is 8.33. The molecule has 0 spiro atoms. The number of nitriles is 1. The van der Waals surface area contributed by atoms with E-state index in [1.807, 2.05) is 0 Å². The fourth-order valence-electron chi connectivity index (χ4n) is 1.87. The van der Waals surface area contributed by atoms with Crippen LogP contribution in [0.25, 0.3) is 0 Å². The van der Waals surface area contributed by atoms with Crippen LogP contribution < -0.4 is 14.8 Å². The first kappa shape index (κ1) is 11.7. The number of hydrogen-bond acceptors (Lipinski definition) is 3. The minimum absolute atomic E-state index is 0.130. The van der Waals surface area contributed by atoms with Gasteiger partial charge in [-0.3, -0.25) is 0 Å². The summed E-state index contributed by atoms with van der Waals surface area (Å²) in [6.45, 7) is 1.67. The van der Waals surface area contributed by atoms with Crippen molar-refractivity contribution in [1.29, 1.82) is 5.26 Å². The number of methoxy groups -OCH3 is 1. The van der Waals surface area contributed by atoms with E-state index in [0.717, 1.165) is 25.9 Å². The lowest BCUT2D eigenvalue weighted by atomic mass is 10.1. The van der Waals surface area contributed by atoms with Gasteiger partial charge in [0.25, 0.3) is 0 Å². The summed E-state index contributed by atoms with van der Waals surface area (Å²) in [5, 5.41) is 13.1. The summed E-state index contributed by atoms with van der Waals surface area (Å²) in [6, 6.07) is 7.29. The molecule has 1 atom stereocenters. The third-order valence-electron chi connectivity index (χ3n) is 2.76. The highest BCUT2D eigenvalue weighted by Gasteiger charge is 2.17. The monoisotopic (exact) mass is 231 g/mol. The van der Waals surface area contributed by atoms with Crippen molar-refractivity contribution in [3.8, 4) is 17.6 Å². The zero-order valence-electron chi connectivity index (χ0n) is 9.85. The van der Waals surface area contributed by atoms with Gasteiger partial charge >= 0.3 is 0 Å². The third kappa shape index (κ3) is 2.89. The van der Waals surface area contributed by atoms with E-state index in [1.165, 1.54) is 0 Å². The third-order valence-corrected chi connectivity index (χ3v) is 2.76. The summed E-state index contributed by atoms with van der Waals surface area (Å²) in [5.74, 6) is 1.29. The van der Waals surface area contributed by atoms with E-state index in [4.69, 9.17) is 14.7 Å². The van der Waals surface area contributed by atoms with E-state index in [0.29, 0.717) is 17.1 Å². The van der Waals surface area contributed by atoms with Crippen molar-refractivity contribution in [2.45, 2.75) is 18.9 Å². The lowest BCUT2D eigenvalue weighted by Crippen LogP contribution is -2.33. The second kappa shape index (κ2) is 5.55. The van der Waals surface area contributed by atoms with Crippen LogP contribution in [0.15, 0.2) is 18.2 Å². The van der Waals surface area contributed by atoms with Crippen molar-refractivity contribution in [3.63, 3.8) is 0 Å². The molecule has 89 valence electrons. The quantitative estimate of drug-likeness (QED) is 0.795. The highest BCUT2D eigenvalue weighted by atomic mass is 16.5. The zero-order chi connectivity index (χ0) is 12.1. The van der Waals surface area contributed by atoms with Crippen LogP contribution in [-0.2, 0) is 0 Å². The zero-order valence-corrected chi connectivity index (χ0v) is 9.85. The molecule has 17 heavy (non-hydrogen) atoms. The molecule has 4 nitrogen and oxygen atoms in total. The van der Waals surface area contributed by atoms with Crippen molar-refractivity contribution in [3.05, 3.63) is 23.8 Å². The highest BCUT2D eigenvalue weighted by Crippen LogP contribution is 2.29. The minimum Gasteiger partial charge on any atom is -0.493 e. The van der Waals surface area contributed by atoms with Crippen LogP contribution in [0.2, 0.25) is 0 Å². The molecule has 4 heteroatoms. The fourth-order valence-corrected chi connectivity index (χ4v) is 1.87. The van der Waals surface area contributed by atoms with Gasteiger partial charge in [-0.15, -0.1) is 0 Å². The van der Waals surface area contributed by atoms with Crippen molar-refractivity contribution in [2.75, 3.05) is 20.2 Å². The molecule has 1 radical (unpaired) electrons. The smallest absolute Gasteiger partial charge is 0.162 e. The molecule has 0 bridgehead atoms. The summed E-state index contributed by atoms with van der Waals surface area (Å²) in [7, 11) is 1.58. The van der Waals surface area contributed by atoms with Gasteiger partial charge in [0.1, 0.15) is 6.10 Å². The van der Waals surface area contributed by atoms with Crippen LogP contribution in [0.5, 0.6) is 11.5 Å². The molecule has 0 saturated carbocycles. The largest absolute Gasteiger partial charge is 0.493 e. The van der Waals surface area contributed by atoms with Gasteiger partial charge < -0.3 is 9.47 Å². The van der Waals surface area contributed by atoms with Crippen molar-refractivity contribution >= 4 is 0 Å². The minimum atomic E-state index is 0.130. The predicted octanol–water partition coefficient (Wildman–Crippen LogP) is 1.71. The number of rotatable bonds is 3. The van der Waals surface area contributed by atoms with Crippen LogP contribution in [-0.4, -0.2) is 26.3 Å². The number of hydrogen-bond donors (Lipinski definition) is 0. The molecule has 0 aliphatic carbocycles. The maximum atomic E-state index is 8.81. The average molecular weight is 231 g/mol. The molecule has 0 aromatic heterocycles. The Balaban J connectivity index is 2.11. The van der Waals surface area contributed by atoms with E-state index >= 15 is 0 Å². The Hall–Kier alpha value is -1.73. The van der Waals surface area contributed by atoms with Crippen LogP contribution in [0.1, 0.15) is 18.4 Å². The number of nitrogens with zero attached hydrogens (tertiary/aromatic N) is 2. The van der Waals surface area contributed by atoms with E-state index in [-0.39, 0.29) is 6.10 Å². The highest BCUT2D eigenvalue weighted by molar-refractivity contribution is 5.46. The van der Waals surface area contributed by atoms with Crippen LogP contribution >= 0.6 is 0 Å². The summed E-state index contributed by atoms with van der Waals surface area (Å²) >= 11 is 0. The van der Waals surface area contributed by atoms with Gasteiger partial charge in [0.05, 0.1) is 25.3 Å². The van der Waals surface area contributed by atoms with Gasteiger partial charge in [0.2, 0.25) is 0 Å². The molecule has 0 N–H and O–H groups in total. The predicted molar refractivity (Wildman–Crippen MR) is 63.2 cm³/mol. The van der Waals surface area contributed by atoms with Crippen LogP contribution in [0.3, 0.4) is 0 Å². The Morgan fingerprint density at radius 1 is 1.41 bits per heavy atom. The average Bonchev–Trinajstić information content (AvgIpc) is 2.40.